The van der Waals surface area contributed by atoms with Crippen molar-refractivity contribution in [3.8, 4) is 6.07 Å². The van der Waals surface area contributed by atoms with Gasteiger partial charge in [0.1, 0.15) is 0 Å². The Kier molecular flexibility index (Phi) is 5.33. The van der Waals surface area contributed by atoms with E-state index in [1.54, 1.807) is 25.1 Å². The topological polar surface area (TPSA) is 62.1 Å². The van der Waals surface area contributed by atoms with E-state index in [4.69, 9.17) is 10.00 Å². The Morgan fingerprint density at radius 2 is 1.95 bits per heavy atom. The lowest BCUT2D eigenvalue weighted by Gasteiger charge is -2.22. The van der Waals surface area contributed by atoms with Crippen LogP contribution in [-0.2, 0) is 4.74 Å². The molecule has 0 spiro atoms. The van der Waals surface area contributed by atoms with Gasteiger partial charge in [-0.25, -0.2) is 4.79 Å². The maximum absolute atomic E-state index is 11.3. The van der Waals surface area contributed by atoms with Crippen molar-refractivity contribution < 1.29 is 9.53 Å². The van der Waals surface area contributed by atoms with Gasteiger partial charge in [0.05, 0.1) is 12.7 Å². The van der Waals surface area contributed by atoms with Crippen molar-refractivity contribution in [2.75, 3.05) is 11.9 Å². The van der Waals surface area contributed by atoms with E-state index in [2.05, 4.69) is 32.2 Å². The summed E-state index contributed by atoms with van der Waals surface area (Å²) in [6.07, 6.45) is 1.09. The van der Waals surface area contributed by atoms with Crippen LogP contribution < -0.4 is 5.32 Å². The predicted molar refractivity (Wildman–Crippen MR) is 80.1 cm³/mol. The molecule has 0 bridgehead atoms. The molecule has 0 aliphatic rings. The molecule has 0 unspecified atom stereocenters. The minimum absolute atomic E-state index is 0.119. The zero-order valence-electron chi connectivity index (χ0n) is 12.4. The molecule has 0 aliphatic carbocycles. The van der Waals surface area contributed by atoms with Crippen LogP contribution in [0.4, 0.5) is 10.5 Å². The Morgan fingerprint density at radius 3 is 2.40 bits per heavy atom. The standard InChI is InChI=1S/C16H20N2O2/c1-5-20-15(19)18-13-8-6-12(7-9-13)14(10-11-17)16(2,3)4/h6-10H,5H2,1-4H3,(H,18,19)/b14-10-. The molecule has 4 nitrogen and oxygen atoms in total. The molecule has 0 aliphatic heterocycles. The molecule has 20 heavy (non-hydrogen) atoms. The molecule has 0 saturated carbocycles. The summed E-state index contributed by atoms with van der Waals surface area (Å²) in [5.41, 5.74) is 2.47. The second-order valence-corrected chi connectivity index (χ2v) is 5.36. The molecule has 1 aromatic rings. The number of carbonyl (C=O) groups is 1. The lowest BCUT2D eigenvalue weighted by molar-refractivity contribution is 0.168. The Bertz CT molecular complexity index is 531. The number of nitrogens with one attached hydrogen (secondary N) is 1. The van der Waals surface area contributed by atoms with Crippen molar-refractivity contribution in [3.05, 3.63) is 35.9 Å². The average molecular weight is 272 g/mol. The fourth-order valence-corrected chi connectivity index (χ4v) is 1.82. The Labute approximate surface area is 120 Å². The molecular weight excluding hydrogens is 252 g/mol. The maximum Gasteiger partial charge on any atom is 0.411 e. The van der Waals surface area contributed by atoms with Gasteiger partial charge in [-0.3, -0.25) is 5.32 Å². The number of benzene rings is 1. The molecule has 1 N–H and O–H groups in total. The molecule has 0 aromatic heterocycles. The van der Waals surface area contributed by atoms with Gasteiger partial charge < -0.3 is 4.74 Å². The predicted octanol–water partition coefficient (Wildman–Crippen LogP) is 4.21. The Hall–Kier alpha value is -2.28. The first kappa shape index (κ1) is 15.8. The molecule has 0 saturated heterocycles. The van der Waals surface area contributed by atoms with Gasteiger partial charge in [0, 0.05) is 11.8 Å². The van der Waals surface area contributed by atoms with Crippen LogP contribution in [0.25, 0.3) is 5.57 Å². The summed E-state index contributed by atoms with van der Waals surface area (Å²) >= 11 is 0. The van der Waals surface area contributed by atoms with Crippen LogP contribution in [0.5, 0.6) is 0 Å². The number of nitrogens with zero attached hydrogens (tertiary/aromatic N) is 1. The highest BCUT2D eigenvalue weighted by molar-refractivity contribution is 5.85. The molecule has 1 aromatic carbocycles. The van der Waals surface area contributed by atoms with E-state index < -0.39 is 6.09 Å². The van der Waals surface area contributed by atoms with Gasteiger partial charge in [-0.05, 0) is 35.6 Å². The van der Waals surface area contributed by atoms with Crippen LogP contribution in [0.2, 0.25) is 0 Å². The maximum atomic E-state index is 11.3. The number of allylic oxidation sites excluding steroid dienone is 2. The first-order valence-electron chi connectivity index (χ1n) is 6.53. The third kappa shape index (κ3) is 4.43. The van der Waals surface area contributed by atoms with Crippen LogP contribution in [0, 0.1) is 16.7 Å². The number of ether oxygens (including phenoxy) is 1. The molecule has 0 heterocycles. The summed E-state index contributed by atoms with van der Waals surface area (Å²) in [6, 6.07) is 9.44. The number of amides is 1. The quantitative estimate of drug-likeness (QED) is 0.838. The summed E-state index contributed by atoms with van der Waals surface area (Å²) < 4.78 is 4.81. The van der Waals surface area contributed by atoms with Crippen molar-refractivity contribution in [3.63, 3.8) is 0 Å². The minimum Gasteiger partial charge on any atom is -0.450 e. The van der Waals surface area contributed by atoms with E-state index in [0.717, 1.165) is 11.1 Å². The van der Waals surface area contributed by atoms with Crippen LogP contribution in [0.3, 0.4) is 0 Å². The average Bonchev–Trinajstić information content (AvgIpc) is 2.36. The first-order valence-corrected chi connectivity index (χ1v) is 6.53. The highest BCUT2D eigenvalue weighted by Crippen LogP contribution is 2.34. The lowest BCUT2D eigenvalue weighted by Crippen LogP contribution is -2.13. The highest BCUT2D eigenvalue weighted by atomic mass is 16.5. The summed E-state index contributed by atoms with van der Waals surface area (Å²) in [6.45, 7) is 8.26. The van der Waals surface area contributed by atoms with E-state index in [1.165, 1.54) is 0 Å². The smallest absolute Gasteiger partial charge is 0.411 e. The number of hydrogen-bond acceptors (Lipinski definition) is 3. The normalized spacial score (nSPS) is 11.7. The lowest BCUT2D eigenvalue weighted by atomic mass is 9.82. The van der Waals surface area contributed by atoms with Crippen molar-refractivity contribution in [1.82, 2.24) is 0 Å². The van der Waals surface area contributed by atoms with Crippen LogP contribution in [-0.4, -0.2) is 12.7 Å². The van der Waals surface area contributed by atoms with Crippen molar-refractivity contribution in [1.29, 1.82) is 5.26 Å². The van der Waals surface area contributed by atoms with Gasteiger partial charge in [-0.15, -0.1) is 0 Å². The van der Waals surface area contributed by atoms with E-state index in [0.29, 0.717) is 12.3 Å². The molecule has 1 amide bonds. The second kappa shape index (κ2) is 6.76. The Morgan fingerprint density at radius 1 is 1.35 bits per heavy atom. The SMILES string of the molecule is CCOC(=O)Nc1ccc(/C(=C/C#N)C(C)(C)C)cc1. The fourth-order valence-electron chi connectivity index (χ4n) is 1.82. The highest BCUT2D eigenvalue weighted by Gasteiger charge is 2.18. The first-order chi connectivity index (χ1) is 9.38. The summed E-state index contributed by atoms with van der Waals surface area (Å²) in [4.78, 5) is 11.3. The minimum atomic E-state index is -0.469. The third-order valence-electron chi connectivity index (χ3n) is 2.73. The zero-order chi connectivity index (χ0) is 15.2. The third-order valence-corrected chi connectivity index (χ3v) is 2.73. The van der Waals surface area contributed by atoms with Crippen molar-refractivity contribution in [2.45, 2.75) is 27.7 Å². The van der Waals surface area contributed by atoms with Gasteiger partial charge in [0.2, 0.25) is 0 Å². The Balaban J connectivity index is 2.93. The van der Waals surface area contributed by atoms with Gasteiger partial charge in [0.15, 0.2) is 0 Å². The van der Waals surface area contributed by atoms with Crippen molar-refractivity contribution in [2.24, 2.45) is 5.41 Å². The number of hydrogen-bond donors (Lipinski definition) is 1. The number of nitriles is 1. The number of anilines is 1. The van der Waals surface area contributed by atoms with Gasteiger partial charge in [-0.2, -0.15) is 5.26 Å². The molecule has 0 fully saturated rings. The molecule has 1 rings (SSSR count). The van der Waals surface area contributed by atoms with E-state index in [1.807, 2.05) is 12.1 Å². The van der Waals surface area contributed by atoms with E-state index in [-0.39, 0.29) is 5.41 Å². The van der Waals surface area contributed by atoms with Gasteiger partial charge in [0.25, 0.3) is 0 Å². The summed E-state index contributed by atoms with van der Waals surface area (Å²) in [5.74, 6) is 0. The van der Waals surface area contributed by atoms with Crippen LogP contribution in [0.15, 0.2) is 30.3 Å². The van der Waals surface area contributed by atoms with E-state index >= 15 is 0 Å². The molecular formula is C16H20N2O2. The molecule has 106 valence electrons. The molecule has 0 radical (unpaired) electrons. The summed E-state index contributed by atoms with van der Waals surface area (Å²) in [5, 5.41) is 11.5. The monoisotopic (exact) mass is 272 g/mol. The summed E-state index contributed by atoms with van der Waals surface area (Å²) in [7, 11) is 0. The van der Waals surface area contributed by atoms with Crippen molar-refractivity contribution >= 4 is 17.4 Å². The van der Waals surface area contributed by atoms with Gasteiger partial charge in [-0.1, -0.05) is 32.9 Å². The molecule has 4 heteroatoms. The largest absolute Gasteiger partial charge is 0.450 e. The van der Waals surface area contributed by atoms with Crippen LogP contribution >= 0.6 is 0 Å². The fraction of sp³-hybridized carbons (Fsp3) is 0.375. The zero-order valence-corrected chi connectivity index (χ0v) is 12.4. The molecule has 0 atom stereocenters. The van der Waals surface area contributed by atoms with Gasteiger partial charge >= 0.3 is 6.09 Å². The van der Waals surface area contributed by atoms with Crippen LogP contribution in [0.1, 0.15) is 33.3 Å². The number of rotatable bonds is 3. The second-order valence-electron chi connectivity index (χ2n) is 5.36. The number of carbonyl (C=O) groups excluding carboxylic acids is 1. The van der Waals surface area contributed by atoms with E-state index in [9.17, 15) is 4.79 Å².